The minimum Gasteiger partial charge on any atom is -0.385 e. The Hall–Kier alpha value is -0.660. The Morgan fingerprint density at radius 1 is 1.33 bits per heavy atom. The van der Waals surface area contributed by atoms with Crippen molar-refractivity contribution in [2.45, 2.75) is 26.2 Å². The van der Waals surface area contributed by atoms with Crippen molar-refractivity contribution in [2.24, 2.45) is 0 Å². The van der Waals surface area contributed by atoms with E-state index in [0.717, 1.165) is 19.1 Å². The van der Waals surface area contributed by atoms with Crippen LogP contribution >= 0.6 is 0 Å². The first-order chi connectivity index (χ1) is 8.41. The third-order valence-corrected chi connectivity index (χ3v) is 3.65. The summed E-state index contributed by atoms with van der Waals surface area (Å²) in [5.74, 6) is -0.258. The molecule has 0 aliphatic rings. The van der Waals surface area contributed by atoms with Gasteiger partial charge in [0.15, 0.2) is 0 Å². The van der Waals surface area contributed by atoms with Crippen LogP contribution in [0.2, 0.25) is 0 Å². The minimum atomic E-state index is -3.35. The number of nitrogens with zero attached hydrogens (tertiary/aromatic N) is 1. The van der Waals surface area contributed by atoms with Crippen LogP contribution in [0.3, 0.4) is 0 Å². The van der Waals surface area contributed by atoms with E-state index in [4.69, 9.17) is 4.74 Å². The molecular weight excluding hydrogens is 256 g/mol. The molecule has 0 spiro atoms. The summed E-state index contributed by atoms with van der Waals surface area (Å²) in [6.07, 6.45) is 3.57. The van der Waals surface area contributed by atoms with E-state index in [9.17, 15) is 13.2 Å². The molecule has 0 aromatic carbocycles. The molecule has 0 aliphatic heterocycles. The average Bonchev–Trinajstić information content (AvgIpc) is 2.27. The summed E-state index contributed by atoms with van der Waals surface area (Å²) >= 11 is 0. The highest BCUT2D eigenvalue weighted by atomic mass is 32.2. The molecule has 0 saturated carbocycles. The third kappa shape index (κ3) is 8.43. The summed E-state index contributed by atoms with van der Waals surface area (Å²) in [5.41, 5.74) is 0. The average molecular weight is 280 g/mol. The first-order valence-corrected chi connectivity index (χ1v) is 7.97. The molecule has 0 bridgehead atoms. The summed E-state index contributed by atoms with van der Waals surface area (Å²) in [6.45, 7) is 3.27. The molecular formula is C11H24N2O4S. The molecule has 0 radical (unpaired) electrons. The molecule has 0 aromatic rings. The van der Waals surface area contributed by atoms with Gasteiger partial charge in [-0.2, -0.15) is 4.31 Å². The Bertz CT molecular complexity index is 330. The van der Waals surface area contributed by atoms with Gasteiger partial charge in [0.05, 0.1) is 12.8 Å². The van der Waals surface area contributed by atoms with Crippen molar-refractivity contribution in [1.29, 1.82) is 0 Å². The highest BCUT2D eigenvalue weighted by molar-refractivity contribution is 7.88. The number of amides is 1. The summed E-state index contributed by atoms with van der Waals surface area (Å²) in [6, 6.07) is 0. The number of ether oxygens (including phenoxy) is 1. The van der Waals surface area contributed by atoms with Crippen molar-refractivity contribution in [3.63, 3.8) is 0 Å². The van der Waals surface area contributed by atoms with Crippen LogP contribution in [0.25, 0.3) is 0 Å². The number of rotatable bonds is 10. The molecule has 0 heterocycles. The predicted molar refractivity (Wildman–Crippen MR) is 70.8 cm³/mol. The number of unbranched alkanes of at least 4 members (excludes halogenated alkanes) is 1. The number of nitrogens with one attached hydrogen (secondary N) is 1. The zero-order valence-corrected chi connectivity index (χ0v) is 12.3. The monoisotopic (exact) mass is 280 g/mol. The largest absolute Gasteiger partial charge is 0.385 e. The molecule has 0 fully saturated rings. The lowest BCUT2D eigenvalue weighted by Gasteiger charge is -2.19. The highest BCUT2D eigenvalue weighted by Crippen LogP contribution is 1.99. The molecule has 7 heteroatoms. The van der Waals surface area contributed by atoms with Crippen LogP contribution in [0.1, 0.15) is 26.2 Å². The van der Waals surface area contributed by atoms with E-state index in [0.29, 0.717) is 26.1 Å². The maximum Gasteiger partial charge on any atom is 0.235 e. The summed E-state index contributed by atoms with van der Waals surface area (Å²) < 4.78 is 29.0. The number of hydrogen-bond acceptors (Lipinski definition) is 4. The smallest absolute Gasteiger partial charge is 0.235 e. The van der Waals surface area contributed by atoms with Crippen LogP contribution in [0.15, 0.2) is 0 Å². The Kier molecular flexibility index (Phi) is 8.95. The molecule has 0 aromatic heterocycles. The molecule has 1 amide bonds. The number of carbonyl (C=O) groups is 1. The van der Waals surface area contributed by atoms with Crippen molar-refractivity contribution in [3.05, 3.63) is 0 Å². The minimum absolute atomic E-state index is 0.119. The Balaban J connectivity index is 4.19. The fourth-order valence-corrected chi connectivity index (χ4v) is 2.18. The van der Waals surface area contributed by atoms with E-state index in [1.165, 1.54) is 4.31 Å². The Morgan fingerprint density at radius 2 is 2.00 bits per heavy atom. The molecule has 1 N–H and O–H groups in total. The van der Waals surface area contributed by atoms with E-state index < -0.39 is 10.0 Å². The first-order valence-electron chi connectivity index (χ1n) is 6.12. The van der Waals surface area contributed by atoms with Gasteiger partial charge in [-0.25, -0.2) is 8.42 Å². The van der Waals surface area contributed by atoms with Gasteiger partial charge in [-0.3, -0.25) is 4.79 Å². The van der Waals surface area contributed by atoms with Crippen LogP contribution in [0, 0.1) is 0 Å². The van der Waals surface area contributed by atoms with E-state index in [1.54, 1.807) is 7.11 Å². The second kappa shape index (κ2) is 9.29. The second-order valence-electron chi connectivity index (χ2n) is 4.15. The van der Waals surface area contributed by atoms with Crippen LogP contribution in [0.5, 0.6) is 0 Å². The van der Waals surface area contributed by atoms with Crippen molar-refractivity contribution in [3.8, 4) is 0 Å². The maximum atomic E-state index is 11.6. The van der Waals surface area contributed by atoms with Gasteiger partial charge in [-0.1, -0.05) is 13.3 Å². The lowest BCUT2D eigenvalue weighted by molar-refractivity contribution is -0.121. The number of methoxy groups -OCH3 is 1. The molecule has 0 atom stereocenters. The zero-order chi connectivity index (χ0) is 14.0. The van der Waals surface area contributed by atoms with Gasteiger partial charge in [0.2, 0.25) is 15.9 Å². The predicted octanol–water partition coefficient (Wildman–Crippen LogP) is 0.201. The van der Waals surface area contributed by atoms with E-state index in [1.807, 2.05) is 6.92 Å². The van der Waals surface area contributed by atoms with E-state index in [-0.39, 0.29) is 12.5 Å². The van der Waals surface area contributed by atoms with Crippen LogP contribution in [-0.2, 0) is 19.6 Å². The standard InChI is InChI=1S/C11H24N2O4S/c1-4-5-7-12-11(14)10-13(18(3,15)16)8-6-9-17-2/h4-10H2,1-3H3,(H,12,14). The Morgan fingerprint density at radius 3 is 2.50 bits per heavy atom. The summed E-state index contributed by atoms with van der Waals surface area (Å²) in [5, 5.41) is 2.70. The molecule has 0 aliphatic carbocycles. The highest BCUT2D eigenvalue weighted by Gasteiger charge is 2.19. The second-order valence-corrected chi connectivity index (χ2v) is 6.13. The van der Waals surface area contributed by atoms with Crippen LogP contribution < -0.4 is 5.32 Å². The van der Waals surface area contributed by atoms with Gasteiger partial charge in [0.1, 0.15) is 0 Å². The van der Waals surface area contributed by atoms with E-state index >= 15 is 0 Å². The first kappa shape index (κ1) is 17.3. The van der Waals surface area contributed by atoms with Gasteiger partial charge < -0.3 is 10.1 Å². The fourth-order valence-electron chi connectivity index (χ4n) is 1.37. The quantitative estimate of drug-likeness (QED) is 0.580. The van der Waals surface area contributed by atoms with Crippen LogP contribution in [-0.4, -0.2) is 58.2 Å². The van der Waals surface area contributed by atoms with Crippen molar-refractivity contribution < 1.29 is 17.9 Å². The lowest BCUT2D eigenvalue weighted by Crippen LogP contribution is -2.41. The number of hydrogen-bond donors (Lipinski definition) is 1. The third-order valence-electron chi connectivity index (χ3n) is 2.40. The van der Waals surface area contributed by atoms with Gasteiger partial charge in [-0.15, -0.1) is 0 Å². The molecule has 6 nitrogen and oxygen atoms in total. The van der Waals surface area contributed by atoms with Crippen molar-refractivity contribution >= 4 is 15.9 Å². The normalized spacial score (nSPS) is 11.8. The topological polar surface area (TPSA) is 75.7 Å². The fraction of sp³-hybridized carbons (Fsp3) is 0.909. The summed E-state index contributed by atoms with van der Waals surface area (Å²) in [7, 11) is -1.80. The maximum absolute atomic E-state index is 11.6. The lowest BCUT2D eigenvalue weighted by atomic mass is 10.3. The molecule has 18 heavy (non-hydrogen) atoms. The SMILES string of the molecule is CCCCNC(=O)CN(CCCOC)S(C)(=O)=O. The molecule has 0 unspecified atom stereocenters. The molecule has 0 rings (SSSR count). The number of carbonyl (C=O) groups excluding carboxylic acids is 1. The van der Waals surface area contributed by atoms with Gasteiger partial charge in [0.25, 0.3) is 0 Å². The van der Waals surface area contributed by atoms with Crippen LogP contribution in [0.4, 0.5) is 0 Å². The van der Waals surface area contributed by atoms with E-state index in [2.05, 4.69) is 5.32 Å². The zero-order valence-electron chi connectivity index (χ0n) is 11.4. The Labute approximate surface area is 110 Å². The summed E-state index contributed by atoms with van der Waals surface area (Å²) in [4.78, 5) is 11.6. The van der Waals surface area contributed by atoms with Crippen molar-refractivity contribution in [2.75, 3.05) is 39.6 Å². The number of sulfonamides is 1. The van der Waals surface area contributed by atoms with Gasteiger partial charge >= 0.3 is 0 Å². The molecule has 0 saturated heterocycles. The van der Waals surface area contributed by atoms with Gasteiger partial charge in [0, 0.05) is 26.8 Å². The van der Waals surface area contributed by atoms with Crippen molar-refractivity contribution in [1.82, 2.24) is 9.62 Å². The van der Waals surface area contributed by atoms with Gasteiger partial charge in [-0.05, 0) is 12.8 Å². The molecule has 108 valence electrons.